The third-order valence-corrected chi connectivity index (χ3v) is 5.03. The Kier molecular flexibility index (Phi) is 3.73. The van der Waals surface area contributed by atoms with Crippen LogP contribution < -0.4 is 15.8 Å². The van der Waals surface area contributed by atoms with Crippen molar-refractivity contribution in [2.24, 2.45) is 7.05 Å². The molecule has 1 spiro atoms. The van der Waals surface area contributed by atoms with E-state index in [1.165, 1.54) is 23.9 Å². The van der Waals surface area contributed by atoms with E-state index < -0.39 is 0 Å². The van der Waals surface area contributed by atoms with E-state index in [2.05, 4.69) is 15.3 Å². The summed E-state index contributed by atoms with van der Waals surface area (Å²) in [5, 5.41) is 7.95. The molecule has 0 unspecified atom stereocenters. The van der Waals surface area contributed by atoms with Crippen LogP contribution in [0.4, 0.5) is 5.69 Å². The summed E-state index contributed by atoms with van der Waals surface area (Å²) in [6, 6.07) is 0. The summed E-state index contributed by atoms with van der Waals surface area (Å²) in [5.74, 6) is 0. The first-order valence-corrected chi connectivity index (χ1v) is 7.72. The van der Waals surface area contributed by atoms with Crippen molar-refractivity contribution in [2.75, 3.05) is 24.5 Å². The molecule has 0 radical (unpaired) electrons. The summed E-state index contributed by atoms with van der Waals surface area (Å²) in [6.07, 6.45) is 7.85. The maximum Gasteiger partial charge on any atom is 0.287 e. The lowest BCUT2D eigenvalue weighted by Gasteiger charge is -2.51. The van der Waals surface area contributed by atoms with Crippen molar-refractivity contribution < 1.29 is 0 Å². The van der Waals surface area contributed by atoms with Gasteiger partial charge in [-0.25, -0.2) is 4.68 Å². The number of hydrogen-bond acceptors (Lipinski definition) is 4. The fraction of sp³-hybridized carbons (Fsp3) is 0.714. The lowest BCUT2D eigenvalue weighted by Crippen LogP contribution is -2.62. The van der Waals surface area contributed by atoms with Gasteiger partial charge in [0.25, 0.3) is 5.56 Å². The van der Waals surface area contributed by atoms with Crippen LogP contribution in [-0.2, 0) is 7.05 Å². The van der Waals surface area contributed by atoms with E-state index in [-0.39, 0.29) is 11.1 Å². The third kappa shape index (κ3) is 2.23. The number of anilines is 1. The fourth-order valence-corrected chi connectivity index (χ4v) is 3.84. The molecule has 1 N–H and O–H groups in total. The third-order valence-electron chi connectivity index (χ3n) is 4.67. The molecule has 0 atom stereocenters. The van der Waals surface area contributed by atoms with Gasteiger partial charge in [-0.05, 0) is 12.8 Å². The Hall–Kier alpha value is -1.07. The molecule has 1 aromatic heterocycles. The molecule has 2 aliphatic rings. The van der Waals surface area contributed by atoms with Gasteiger partial charge < -0.3 is 10.2 Å². The van der Waals surface area contributed by atoms with E-state index in [0.29, 0.717) is 5.02 Å². The van der Waals surface area contributed by atoms with Crippen molar-refractivity contribution in [1.29, 1.82) is 0 Å². The molecular weight excluding hydrogens is 276 g/mol. The molecule has 2 fully saturated rings. The molecule has 1 saturated carbocycles. The smallest absolute Gasteiger partial charge is 0.287 e. The quantitative estimate of drug-likeness (QED) is 0.854. The summed E-state index contributed by atoms with van der Waals surface area (Å²) in [7, 11) is 1.63. The first-order chi connectivity index (χ1) is 9.64. The van der Waals surface area contributed by atoms with Crippen molar-refractivity contribution >= 4 is 17.3 Å². The first kappa shape index (κ1) is 13.9. The molecule has 1 aliphatic carbocycles. The molecule has 0 aromatic carbocycles. The first-order valence-electron chi connectivity index (χ1n) is 7.34. The molecule has 5 nitrogen and oxygen atoms in total. The monoisotopic (exact) mass is 296 g/mol. The predicted octanol–water partition coefficient (Wildman–Crippen LogP) is 1.55. The highest BCUT2D eigenvalue weighted by atomic mass is 35.5. The molecule has 1 aromatic rings. The van der Waals surface area contributed by atoms with Crippen molar-refractivity contribution in [1.82, 2.24) is 15.1 Å². The minimum absolute atomic E-state index is 0.105. The van der Waals surface area contributed by atoms with Crippen LogP contribution in [0.1, 0.15) is 32.1 Å². The maximum absolute atomic E-state index is 12.0. The van der Waals surface area contributed by atoms with Crippen molar-refractivity contribution in [3.8, 4) is 0 Å². The van der Waals surface area contributed by atoms with Gasteiger partial charge >= 0.3 is 0 Å². The second-order valence-corrected chi connectivity index (χ2v) is 6.26. The Morgan fingerprint density at radius 2 is 2.10 bits per heavy atom. The summed E-state index contributed by atoms with van der Waals surface area (Å²) in [6.45, 7) is 2.78. The number of aryl methyl sites for hydroxylation is 1. The molecule has 0 bridgehead atoms. The highest BCUT2D eigenvalue weighted by Crippen LogP contribution is 2.38. The normalized spacial score (nSPS) is 22.2. The lowest BCUT2D eigenvalue weighted by molar-refractivity contribution is 0.241. The van der Waals surface area contributed by atoms with Crippen LogP contribution in [0.15, 0.2) is 11.0 Å². The van der Waals surface area contributed by atoms with E-state index in [9.17, 15) is 4.79 Å². The Balaban J connectivity index is 2.02. The van der Waals surface area contributed by atoms with Gasteiger partial charge in [-0.3, -0.25) is 4.79 Å². The van der Waals surface area contributed by atoms with Crippen LogP contribution in [0.3, 0.4) is 0 Å². The van der Waals surface area contributed by atoms with Gasteiger partial charge in [0, 0.05) is 26.7 Å². The van der Waals surface area contributed by atoms with Gasteiger partial charge in [0.1, 0.15) is 5.02 Å². The maximum atomic E-state index is 12.0. The second kappa shape index (κ2) is 5.37. The summed E-state index contributed by atoms with van der Waals surface area (Å²) < 4.78 is 1.29. The number of piperazine rings is 1. The predicted molar refractivity (Wildman–Crippen MR) is 80.5 cm³/mol. The van der Waals surface area contributed by atoms with E-state index in [1.807, 2.05) is 0 Å². The van der Waals surface area contributed by atoms with Gasteiger partial charge in [0.15, 0.2) is 0 Å². The van der Waals surface area contributed by atoms with Gasteiger partial charge in [0.2, 0.25) is 0 Å². The minimum atomic E-state index is -0.214. The van der Waals surface area contributed by atoms with E-state index in [4.69, 9.17) is 11.6 Å². The number of nitrogens with zero attached hydrogens (tertiary/aromatic N) is 3. The van der Waals surface area contributed by atoms with Gasteiger partial charge in [0.05, 0.1) is 17.4 Å². The van der Waals surface area contributed by atoms with Gasteiger partial charge in [-0.2, -0.15) is 5.10 Å². The van der Waals surface area contributed by atoms with Crippen LogP contribution >= 0.6 is 11.6 Å². The molecule has 0 amide bonds. The lowest BCUT2D eigenvalue weighted by atomic mass is 9.79. The molecule has 1 aliphatic heterocycles. The average molecular weight is 297 g/mol. The topological polar surface area (TPSA) is 50.2 Å². The Morgan fingerprint density at radius 3 is 2.85 bits per heavy atom. The number of rotatable bonds is 1. The molecule has 110 valence electrons. The van der Waals surface area contributed by atoms with Crippen LogP contribution in [0.5, 0.6) is 0 Å². The SMILES string of the molecule is Cn1ncc(N2CCNCC23CCCCC3)c(Cl)c1=O. The molecule has 6 heteroatoms. The Morgan fingerprint density at radius 1 is 1.35 bits per heavy atom. The number of nitrogens with one attached hydrogen (secondary N) is 1. The second-order valence-electron chi connectivity index (χ2n) is 5.89. The standard InChI is InChI=1S/C14H21ClN4O/c1-18-13(20)12(15)11(9-17-18)19-8-7-16-10-14(19)5-3-2-4-6-14/h9,16H,2-8,10H2,1H3. The van der Waals surface area contributed by atoms with E-state index in [0.717, 1.165) is 38.2 Å². The van der Waals surface area contributed by atoms with Crippen LogP contribution in [0.25, 0.3) is 0 Å². The minimum Gasteiger partial charge on any atom is -0.361 e. The molecule has 2 heterocycles. The van der Waals surface area contributed by atoms with E-state index >= 15 is 0 Å². The van der Waals surface area contributed by atoms with Gasteiger partial charge in [-0.15, -0.1) is 0 Å². The van der Waals surface area contributed by atoms with Crippen molar-refractivity contribution in [2.45, 2.75) is 37.6 Å². The molecule has 20 heavy (non-hydrogen) atoms. The zero-order valence-corrected chi connectivity index (χ0v) is 12.6. The highest BCUT2D eigenvalue weighted by molar-refractivity contribution is 6.33. The Bertz CT molecular complexity index is 542. The zero-order valence-electron chi connectivity index (χ0n) is 11.9. The molecule has 1 saturated heterocycles. The van der Waals surface area contributed by atoms with Crippen LogP contribution in [-0.4, -0.2) is 35.0 Å². The number of hydrogen-bond donors (Lipinski definition) is 1. The van der Waals surface area contributed by atoms with E-state index in [1.54, 1.807) is 13.2 Å². The largest absolute Gasteiger partial charge is 0.361 e. The fourth-order valence-electron chi connectivity index (χ4n) is 3.57. The molecule has 3 rings (SSSR count). The average Bonchev–Trinajstić information content (AvgIpc) is 2.47. The Labute approximate surface area is 123 Å². The summed E-state index contributed by atoms with van der Waals surface area (Å²) in [5.41, 5.74) is 0.695. The number of aromatic nitrogens is 2. The molecular formula is C14H21ClN4O. The van der Waals surface area contributed by atoms with Crippen molar-refractivity contribution in [3.63, 3.8) is 0 Å². The van der Waals surface area contributed by atoms with Gasteiger partial charge in [-0.1, -0.05) is 30.9 Å². The van der Waals surface area contributed by atoms with Crippen LogP contribution in [0, 0.1) is 0 Å². The summed E-state index contributed by atoms with van der Waals surface area (Å²) >= 11 is 6.30. The highest BCUT2D eigenvalue weighted by Gasteiger charge is 2.40. The van der Waals surface area contributed by atoms with Crippen molar-refractivity contribution in [3.05, 3.63) is 21.6 Å². The summed E-state index contributed by atoms with van der Waals surface area (Å²) in [4.78, 5) is 14.4. The van der Waals surface area contributed by atoms with Crippen LogP contribution in [0.2, 0.25) is 5.02 Å². The number of halogens is 1. The zero-order chi connectivity index (χ0) is 14.2.